The van der Waals surface area contributed by atoms with Gasteiger partial charge in [-0.25, -0.2) is 0 Å². The number of methoxy groups -OCH3 is 1. The first-order chi connectivity index (χ1) is 9.83. The van der Waals surface area contributed by atoms with E-state index in [1.165, 1.54) is 13.2 Å². The van der Waals surface area contributed by atoms with Gasteiger partial charge >= 0.3 is 5.97 Å². The minimum absolute atomic E-state index is 0.186. The Morgan fingerprint density at radius 1 is 1.29 bits per heavy atom. The fourth-order valence-electron chi connectivity index (χ4n) is 1.93. The Morgan fingerprint density at radius 2 is 1.86 bits per heavy atom. The van der Waals surface area contributed by atoms with Gasteiger partial charge in [0.1, 0.15) is 11.7 Å². The van der Waals surface area contributed by atoms with Crippen LogP contribution in [0.4, 0.5) is 0 Å². The van der Waals surface area contributed by atoms with Gasteiger partial charge < -0.3 is 9.84 Å². The van der Waals surface area contributed by atoms with Gasteiger partial charge in [0.05, 0.1) is 7.11 Å². The Kier molecular flexibility index (Phi) is 5.47. The minimum Gasteiger partial charge on any atom is -0.507 e. The lowest BCUT2D eigenvalue weighted by atomic mass is 9.76. The van der Waals surface area contributed by atoms with Crippen LogP contribution in [-0.4, -0.2) is 24.0 Å². The number of ketones is 1. The van der Waals surface area contributed by atoms with Crippen molar-refractivity contribution in [2.75, 3.05) is 7.11 Å². The maximum atomic E-state index is 12.3. The highest BCUT2D eigenvalue weighted by atomic mass is 16.5. The average Bonchev–Trinajstić information content (AvgIpc) is 2.47. The summed E-state index contributed by atoms with van der Waals surface area (Å²) in [7, 11) is 1.22. The fourth-order valence-corrected chi connectivity index (χ4v) is 1.93. The highest BCUT2D eigenvalue weighted by molar-refractivity contribution is 6.08. The first-order valence-electron chi connectivity index (χ1n) is 6.55. The smallest absolute Gasteiger partial charge is 0.317 e. The van der Waals surface area contributed by atoms with Crippen molar-refractivity contribution in [3.05, 3.63) is 54.6 Å². The Labute approximate surface area is 124 Å². The third-order valence-electron chi connectivity index (χ3n) is 3.34. The second kappa shape index (κ2) is 6.88. The zero-order valence-corrected chi connectivity index (χ0v) is 12.5. The van der Waals surface area contributed by atoms with Crippen LogP contribution in [0.25, 0.3) is 5.76 Å². The lowest BCUT2D eigenvalue weighted by Crippen LogP contribution is -2.36. The highest BCUT2D eigenvalue weighted by Gasteiger charge is 2.39. The Hall–Kier alpha value is -2.36. The summed E-state index contributed by atoms with van der Waals surface area (Å²) in [5.41, 5.74) is -0.275. The van der Waals surface area contributed by atoms with Crippen LogP contribution in [0.15, 0.2) is 49.1 Å². The van der Waals surface area contributed by atoms with E-state index in [2.05, 4.69) is 6.58 Å². The van der Waals surface area contributed by atoms with Crippen LogP contribution in [-0.2, 0) is 14.3 Å². The molecule has 0 fully saturated rings. The van der Waals surface area contributed by atoms with E-state index in [9.17, 15) is 14.7 Å². The van der Waals surface area contributed by atoms with E-state index < -0.39 is 23.1 Å². The van der Waals surface area contributed by atoms with Crippen molar-refractivity contribution < 1.29 is 19.4 Å². The number of hydrogen-bond acceptors (Lipinski definition) is 4. The van der Waals surface area contributed by atoms with Gasteiger partial charge in [0, 0.05) is 17.1 Å². The van der Waals surface area contributed by atoms with Crippen LogP contribution < -0.4 is 0 Å². The monoisotopic (exact) mass is 288 g/mol. The summed E-state index contributed by atoms with van der Waals surface area (Å²) >= 11 is 0. The number of rotatable bonds is 6. The predicted octanol–water partition coefficient (Wildman–Crippen LogP) is 3.16. The molecule has 0 saturated carbocycles. The molecule has 0 spiro atoms. The minimum atomic E-state index is -1.05. The van der Waals surface area contributed by atoms with Gasteiger partial charge in [-0.3, -0.25) is 9.59 Å². The summed E-state index contributed by atoms with van der Waals surface area (Å²) in [6.07, 6.45) is 2.59. The van der Waals surface area contributed by atoms with E-state index in [0.717, 1.165) is 6.08 Å². The van der Waals surface area contributed by atoms with Crippen molar-refractivity contribution in [1.82, 2.24) is 0 Å². The largest absolute Gasteiger partial charge is 0.507 e. The average molecular weight is 288 g/mol. The fraction of sp³-hybridized carbons (Fsp3) is 0.294. The van der Waals surface area contributed by atoms with Gasteiger partial charge in [-0.2, -0.15) is 0 Å². The molecule has 1 aromatic carbocycles. The summed E-state index contributed by atoms with van der Waals surface area (Å²) in [6, 6.07) is 8.64. The number of ether oxygens (including phenoxy) is 1. The molecule has 112 valence electrons. The van der Waals surface area contributed by atoms with E-state index in [1.807, 2.05) is 0 Å². The van der Waals surface area contributed by atoms with E-state index in [-0.39, 0.29) is 5.76 Å². The highest BCUT2D eigenvalue weighted by Crippen LogP contribution is 2.30. The molecule has 0 unspecified atom stereocenters. The second-order valence-electron chi connectivity index (χ2n) is 5.28. The zero-order chi connectivity index (χ0) is 16.0. The van der Waals surface area contributed by atoms with Crippen LogP contribution >= 0.6 is 0 Å². The van der Waals surface area contributed by atoms with E-state index in [4.69, 9.17) is 4.74 Å². The van der Waals surface area contributed by atoms with Gasteiger partial charge in [0.2, 0.25) is 0 Å². The van der Waals surface area contributed by atoms with Crippen molar-refractivity contribution in [3.8, 4) is 0 Å². The maximum absolute atomic E-state index is 12.3. The van der Waals surface area contributed by atoms with Crippen LogP contribution in [0.2, 0.25) is 0 Å². The van der Waals surface area contributed by atoms with Crippen molar-refractivity contribution in [2.45, 2.75) is 13.8 Å². The molecule has 21 heavy (non-hydrogen) atoms. The number of esters is 1. The third kappa shape index (κ3) is 4.05. The lowest BCUT2D eigenvalue weighted by Gasteiger charge is -2.27. The first kappa shape index (κ1) is 16.7. The first-order valence-corrected chi connectivity index (χ1v) is 6.55. The molecule has 0 saturated heterocycles. The number of aliphatic hydroxyl groups is 1. The van der Waals surface area contributed by atoms with E-state index in [1.54, 1.807) is 44.2 Å². The summed E-state index contributed by atoms with van der Waals surface area (Å²) in [4.78, 5) is 24.2. The molecular weight excluding hydrogens is 268 g/mol. The normalized spacial score (nSPS) is 13.4. The predicted molar refractivity (Wildman–Crippen MR) is 81.5 cm³/mol. The topological polar surface area (TPSA) is 63.6 Å². The molecule has 0 heterocycles. The Morgan fingerprint density at radius 3 is 2.33 bits per heavy atom. The molecule has 4 nitrogen and oxygen atoms in total. The molecule has 1 rings (SSSR count). The summed E-state index contributed by atoms with van der Waals surface area (Å²) in [6.45, 7) is 7.08. The number of allylic oxidation sites excluding steroid dienone is 2. The molecule has 1 atom stereocenters. The molecule has 0 aliphatic carbocycles. The second-order valence-corrected chi connectivity index (χ2v) is 5.28. The number of benzene rings is 1. The van der Waals surface area contributed by atoms with Crippen molar-refractivity contribution in [2.24, 2.45) is 11.3 Å². The van der Waals surface area contributed by atoms with Crippen molar-refractivity contribution >= 4 is 17.5 Å². The standard InChI is InChI=1S/C17H20O4/c1-5-17(2,3)15(16(20)21-4)14(19)11-13(18)12-9-7-6-8-10-12/h5-11,15,18H,1H2,2-4H3/b13-11-/t15-/m0/s1. The van der Waals surface area contributed by atoms with Gasteiger partial charge in [0.15, 0.2) is 5.78 Å². The molecule has 0 aliphatic rings. The van der Waals surface area contributed by atoms with Gasteiger partial charge in [-0.15, -0.1) is 6.58 Å². The quantitative estimate of drug-likeness (QED) is 0.287. The Balaban J connectivity index is 3.13. The molecular formula is C17H20O4. The van der Waals surface area contributed by atoms with E-state index in [0.29, 0.717) is 5.56 Å². The van der Waals surface area contributed by atoms with Gasteiger partial charge in [0.25, 0.3) is 0 Å². The molecule has 0 aliphatic heterocycles. The third-order valence-corrected chi connectivity index (χ3v) is 3.34. The molecule has 1 aromatic rings. The van der Waals surface area contributed by atoms with Crippen molar-refractivity contribution in [1.29, 1.82) is 0 Å². The molecule has 0 bridgehead atoms. The zero-order valence-electron chi connectivity index (χ0n) is 12.5. The molecule has 4 heteroatoms. The number of carbonyl (C=O) groups is 2. The van der Waals surface area contributed by atoms with Crippen molar-refractivity contribution in [3.63, 3.8) is 0 Å². The number of carbonyl (C=O) groups excluding carboxylic acids is 2. The number of hydrogen-bond donors (Lipinski definition) is 1. The Bertz CT molecular complexity index is 555. The lowest BCUT2D eigenvalue weighted by molar-refractivity contribution is -0.151. The SMILES string of the molecule is C=CC(C)(C)[C@@H](C(=O)/C=C(\O)c1ccccc1)C(=O)OC. The van der Waals surface area contributed by atoms with Crippen LogP contribution in [0.1, 0.15) is 19.4 Å². The summed E-state index contributed by atoms with van der Waals surface area (Å²) in [5.74, 6) is -2.41. The molecule has 0 amide bonds. The summed E-state index contributed by atoms with van der Waals surface area (Å²) in [5, 5.41) is 10.00. The van der Waals surface area contributed by atoms with Crippen LogP contribution in [0.5, 0.6) is 0 Å². The summed E-state index contributed by atoms with van der Waals surface area (Å²) < 4.78 is 4.69. The number of aliphatic hydroxyl groups excluding tert-OH is 1. The molecule has 1 N–H and O–H groups in total. The molecule has 0 aromatic heterocycles. The van der Waals surface area contributed by atoms with Crippen LogP contribution in [0.3, 0.4) is 0 Å². The van der Waals surface area contributed by atoms with Crippen LogP contribution in [0, 0.1) is 11.3 Å². The van der Waals surface area contributed by atoms with E-state index >= 15 is 0 Å². The van der Waals surface area contributed by atoms with Gasteiger partial charge in [-0.05, 0) is 0 Å². The maximum Gasteiger partial charge on any atom is 0.317 e. The van der Waals surface area contributed by atoms with Gasteiger partial charge in [-0.1, -0.05) is 50.3 Å². The molecule has 0 radical (unpaired) electrons.